The Morgan fingerprint density at radius 1 is 1.28 bits per heavy atom. The molecule has 0 aromatic heterocycles. The quantitative estimate of drug-likeness (QED) is 0.718. The maximum atomic E-state index is 5.72. The Morgan fingerprint density at radius 3 is 2.94 bits per heavy atom. The summed E-state index contributed by atoms with van der Waals surface area (Å²) in [5.74, 6) is 1.76. The number of benzene rings is 1. The Hall–Kier alpha value is -1.64. The van der Waals surface area contributed by atoms with Crippen molar-refractivity contribution in [2.45, 2.75) is 26.2 Å². The van der Waals surface area contributed by atoms with Crippen molar-refractivity contribution in [2.75, 3.05) is 20.3 Å². The second kappa shape index (κ2) is 6.34. The summed E-state index contributed by atoms with van der Waals surface area (Å²) in [6.45, 7) is 3.46. The normalized spacial score (nSPS) is 13.3. The second-order valence-corrected chi connectivity index (χ2v) is 4.36. The lowest BCUT2D eigenvalue weighted by Crippen LogP contribution is -2.32. The summed E-state index contributed by atoms with van der Waals surface area (Å²) in [7, 11) is 1.67. The van der Waals surface area contributed by atoms with Crippen LogP contribution in [0.1, 0.15) is 26.2 Å². The molecule has 3 heteroatoms. The zero-order chi connectivity index (χ0) is 12.8. The van der Waals surface area contributed by atoms with Gasteiger partial charge in [0, 0.05) is 10.4 Å². The van der Waals surface area contributed by atoms with Crippen molar-refractivity contribution in [1.82, 2.24) is 0 Å². The summed E-state index contributed by atoms with van der Waals surface area (Å²) in [5, 5.41) is 2.11. The van der Waals surface area contributed by atoms with Crippen molar-refractivity contribution in [3.63, 3.8) is 0 Å². The lowest BCUT2D eigenvalue weighted by atomic mass is 10.2. The molecule has 1 heterocycles. The molecular formula is C15H20O3. The summed E-state index contributed by atoms with van der Waals surface area (Å²) in [5.41, 5.74) is 0. The maximum Gasteiger partial charge on any atom is 0.145 e. The molecule has 0 fully saturated rings. The molecule has 1 aromatic rings. The minimum absolute atomic E-state index is 0.500. The van der Waals surface area contributed by atoms with E-state index in [2.05, 4.69) is 6.92 Å². The molecule has 0 amide bonds. The molecule has 0 spiro atoms. The van der Waals surface area contributed by atoms with E-state index in [1.54, 1.807) is 13.4 Å². The topological polar surface area (TPSA) is 27.7 Å². The van der Waals surface area contributed by atoms with E-state index in [9.17, 15) is 0 Å². The summed E-state index contributed by atoms with van der Waals surface area (Å²) in [6.07, 6.45) is 5.28. The fourth-order valence-corrected chi connectivity index (χ4v) is 1.98. The Morgan fingerprint density at radius 2 is 2.17 bits per heavy atom. The first-order valence-electron chi connectivity index (χ1n) is 6.47. The Kier molecular flexibility index (Phi) is 4.51. The van der Waals surface area contributed by atoms with Crippen molar-refractivity contribution in [3.8, 4) is 5.75 Å². The van der Waals surface area contributed by atoms with Gasteiger partial charge >= 0.3 is 0 Å². The van der Waals surface area contributed by atoms with Gasteiger partial charge in [0.15, 0.2) is 0 Å². The number of ether oxygens (including phenoxy) is 3. The van der Waals surface area contributed by atoms with E-state index in [0.29, 0.717) is 6.61 Å². The molecular weight excluding hydrogens is 228 g/mol. The SMILES string of the molecule is CCCCCOc1ccc2c(c1)=COCC=2OC. The van der Waals surface area contributed by atoms with Gasteiger partial charge in [-0.25, -0.2) is 0 Å². The van der Waals surface area contributed by atoms with Crippen LogP contribution >= 0.6 is 0 Å². The fourth-order valence-electron chi connectivity index (χ4n) is 1.98. The highest BCUT2D eigenvalue weighted by Gasteiger charge is 2.06. The van der Waals surface area contributed by atoms with Crippen LogP contribution in [0.4, 0.5) is 0 Å². The highest BCUT2D eigenvalue weighted by molar-refractivity contribution is 5.44. The molecule has 0 aliphatic carbocycles. The molecule has 0 unspecified atom stereocenters. The van der Waals surface area contributed by atoms with E-state index >= 15 is 0 Å². The first-order valence-corrected chi connectivity index (χ1v) is 6.47. The van der Waals surface area contributed by atoms with E-state index in [1.807, 2.05) is 18.2 Å². The molecule has 2 rings (SSSR count). The number of methoxy groups -OCH3 is 1. The van der Waals surface area contributed by atoms with Gasteiger partial charge in [0.25, 0.3) is 0 Å². The molecule has 3 nitrogen and oxygen atoms in total. The van der Waals surface area contributed by atoms with Crippen LogP contribution in [0, 0.1) is 0 Å². The minimum atomic E-state index is 0.500. The molecule has 18 heavy (non-hydrogen) atoms. The van der Waals surface area contributed by atoms with Gasteiger partial charge in [-0.2, -0.15) is 0 Å². The molecule has 0 radical (unpaired) electrons. The van der Waals surface area contributed by atoms with Crippen LogP contribution in [0.15, 0.2) is 18.2 Å². The average Bonchev–Trinajstić information content (AvgIpc) is 2.42. The summed E-state index contributed by atoms with van der Waals surface area (Å²) >= 11 is 0. The number of hydrogen-bond acceptors (Lipinski definition) is 3. The Bertz CT molecular complexity index is 505. The summed E-state index contributed by atoms with van der Waals surface area (Å²) in [4.78, 5) is 0. The smallest absolute Gasteiger partial charge is 0.145 e. The van der Waals surface area contributed by atoms with Crippen LogP contribution in [0.25, 0.3) is 12.0 Å². The second-order valence-electron chi connectivity index (χ2n) is 4.36. The molecule has 1 aliphatic rings. The van der Waals surface area contributed by atoms with E-state index in [1.165, 1.54) is 12.8 Å². The monoisotopic (exact) mass is 248 g/mol. The van der Waals surface area contributed by atoms with Crippen molar-refractivity contribution in [2.24, 2.45) is 0 Å². The minimum Gasteiger partial charge on any atom is -0.497 e. The Balaban J connectivity index is 2.13. The van der Waals surface area contributed by atoms with Crippen LogP contribution in [-0.2, 0) is 9.47 Å². The van der Waals surface area contributed by atoms with E-state index in [0.717, 1.165) is 35.0 Å². The highest BCUT2D eigenvalue weighted by Crippen LogP contribution is 2.07. The largest absolute Gasteiger partial charge is 0.497 e. The fraction of sp³-hybridized carbons (Fsp3) is 0.467. The van der Waals surface area contributed by atoms with Gasteiger partial charge in [0.1, 0.15) is 18.1 Å². The van der Waals surface area contributed by atoms with E-state index in [4.69, 9.17) is 14.2 Å². The van der Waals surface area contributed by atoms with Gasteiger partial charge in [0.05, 0.1) is 20.0 Å². The molecule has 0 atom stereocenters. The van der Waals surface area contributed by atoms with Gasteiger partial charge in [-0.1, -0.05) is 19.8 Å². The first kappa shape index (κ1) is 12.8. The lowest BCUT2D eigenvalue weighted by Gasteiger charge is -2.12. The zero-order valence-electron chi connectivity index (χ0n) is 11.1. The van der Waals surface area contributed by atoms with Gasteiger partial charge < -0.3 is 14.2 Å². The van der Waals surface area contributed by atoms with Gasteiger partial charge in [-0.3, -0.25) is 0 Å². The molecule has 1 aliphatic heterocycles. The molecule has 0 saturated carbocycles. The predicted molar refractivity (Wildman–Crippen MR) is 71.5 cm³/mol. The van der Waals surface area contributed by atoms with Crippen LogP contribution < -0.4 is 15.2 Å². The third-order valence-electron chi connectivity index (χ3n) is 3.01. The molecule has 0 bridgehead atoms. The van der Waals surface area contributed by atoms with Crippen molar-refractivity contribution >= 4 is 12.0 Å². The van der Waals surface area contributed by atoms with Gasteiger partial charge in [-0.15, -0.1) is 0 Å². The zero-order valence-corrected chi connectivity index (χ0v) is 11.1. The van der Waals surface area contributed by atoms with Crippen LogP contribution in [0.2, 0.25) is 0 Å². The van der Waals surface area contributed by atoms with Gasteiger partial charge in [-0.05, 0) is 24.6 Å². The van der Waals surface area contributed by atoms with E-state index in [-0.39, 0.29) is 0 Å². The van der Waals surface area contributed by atoms with Crippen molar-refractivity contribution in [3.05, 3.63) is 28.6 Å². The predicted octanol–water partition coefficient (Wildman–Crippen LogP) is 1.78. The standard InChI is InChI=1S/C15H20O3/c1-3-4-5-8-18-13-6-7-14-12(9-13)10-17-11-15(14)16-2/h6-7,9-10H,3-5,8,11H2,1-2H3. The summed E-state index contributed by atoms with van der Waals surface area (Å²) < 4.78 is 16.4. The molecule has 1 aromatic carbocycles. The third-order valence-corrected chi connectivity index (χ3v) is 3.01. The molecule has 0 N–H and O–H groups in total. The lowest BCUT2D eigenvalue weighted by molar-refractivity contribution is 0.260. The number of rotatable bonds is 6. The van der Waals surface area contributed by atoms with E-state index < -0.39 is 0 Å². The van der Waals surface area contributed by atoms with Crippen LogP contribution in [0.3, 0.4) is 0 Å². The molecule has 0 saturated heterocycles. The first-order chi connectivity index (χ1) is 8.85. The van der Waals surface area contributed by atoms with Crippen LogP contribution in [-0.4, -0.2) is 20.3 Å². The number of unbranched alkanes of at least 4 members (excludes halogenated alkanes) is 2. The van der Waals surface area contributed by atoms with Crippen molar-refractivity contribution < 1.29 is 14.2 Å². The molecule has 98 valence electrons. The van der Waals surface area contributed by atoms with Crippen molar-refractivity contribution in [1.29, 1.82) is 0 Å². The third kappa shape index (κ3) is 2.97. The van der Waals surface area contributed by atoms with Gasteiger partial charge in [0.2, 0.25) is 0 Å². The van der Waals surface area contributed by atoms with Crippen LogP contribution in [0.5, 0.6) is 5.75 Å². The summed E-state index contributed by atoms with van der Waals surface area (Å²) in [6, 6.07) is 6.02. The Labute approximate surface area is 108 Å². The maximum absolute atomic E-state index is 5.72. The highest BCUT2D eigenvalue weighted by atomic mass is 16.5. The number of fused-ring (bicyclic) bond motifs is 1. The number of hydrogen-bond donors (Lipinski definition) is 0. The average molecular weight is 248 g/mol.